The fraction of sp³-hybridized carbons (Fsp3) is 0.333. The number of benzene rings is 1. The lowest BCUT2D eigenvalue weighted by Gasteiger charge is -2.15. The lowest BCUT2D eigenvalue weighted by Crippen LogP contribution is -2.27. The first-order valence-corrected chi connectivity index (χ1v) is 7.04. The molecule has 116 valence electrons. The molecule has 1 aliphatic heterocycles. The van der Waals surface area contributed by atoms with Gasteiger partial charge in [0.05, 0.1) is 12.1 Å². The molecular formula is C15H18N4O3. The molecule has 0 aromatic heterocycles. The molecule has 1 saturated heterocycles. The average molecular weight is 302 g/mol. The topological polar surface area (TPSA) is 106 Å². The summed E-state index contributed by atoms with van der Waals surface area (Å²) in [6.45, 7) is 1.62. The lowest BCUT2D eigenvalue weighted by atomic mass is 10.2. The van der Waals surface area contributed by atoms with E-state index in [0.717, 1.165) is 25.9 Å². The summed E-state index contributed by atoms with van der Waals surface area (Å²) in [5.41, 5.74) is 8.35. The Morgan fingerprint density at radius 3 is 2.45 bits per heavy atom. The van der Waals surface area contributed by atoms with Gasteiger partial charge in [0.1, 0.15) is 0 Å². The van der Waals surface area contributed by atoms with E-state index >= 15 is 0 Å². The molecule has 2 rings (SSSR count). The highest BCUT2D eigenvalue weighted by atomic mass is 16.4. The number of amides is 1. The van der Waals surface area contributed by atoms with Crippen molar-refractivity contribution in [3.63, 3.8) is 0 Å². The van der Waals surface area contributed by atoms with Gasteiger partial charge in [-0.3, -0.25) is 9.59 Å². The van der Waals surface area contributed by atoms with E-state index in [-0.39, 0.29) is 18.0 Å². The van der Waals surface area contributed by atoms with Crippen molar-refractivity contribution in [2.75, 3.05) is 18.4 Å². The fourth-order valence-electron chi connectivity index (χ4n) is 2.26. The van der Waals surface area contributed by atoms with Gasteiger partial charge in [-0.15, -0.1) is 0 Å². The largest absolute Gasteiger partial charge is 0.481 e. The molecule has 1 aliphatic rings. The Balaban J connectivity index is 1.99. The van der Waals surface area contributed by atoms with Crippen molar-refractivity contribution in [1.29, 1.82) is 5.53 Å². The maximum absolute atomic E-state index is 12.2. The Labute approximate surface area is 128 Å². The van der Waals surface area contributed by atoms with Gasteiger partial charge in [0.2, 0.25) is 0 Å². The van der Waals surface area contributed by atoms with E-state index in [1.54, 1.807) is 24.3 Å². The van der Waals surface area contributed by atoms with Crippen molar-refractivity contribution >= 4 is 17.6 Å². The van der Waals surface area contributed by atoms with Crippen LogP contribution in [-0.2, 0) is 4.79 Å². The molecule has 1 heterocycles. The number of aliphatic carboxylic acids is 1. The monoisotopic (exact) mass is 302 g/mol. The SMILES string of the molecule is N=N/C(=C\Nc1ccc(C(=O)N2CCCC2)cc1)CC(=O)O. The Morgan fingerprint density at radius 1 is 1.27 bits per heavy atom. The maximum Gasteiger partial charge on any atom is 0.309 e. The van der Waals surface area contributed by atoms with E-state index in [0.29, 0.717) is 11.3 Å². The van der Waals surface area contributed by atoms with Gasteiger partial charge in [-0.1, -0.05) is 0 Å². The number of carbonyl (C=O) groups is 2. The zero-order valence-electron chi connectivity index (χ0n) is 12.1. The molecule has 0 bridgehead atoms. The molecule has 7 heteroatoms. The zero-order valence-corrected chi connectivity index (χ0v) is 12.1. The Bertz CT molecular complexity index is 589. The van der Waals surface area contributed by atoms with Crippen LogP contribution in [0.4, 0.5) is 5.69 Å². The second-order valence-corrected chi connectivity index (χ2v) is 5.04. The normalized spacial score (nSPS) is 14.7. The summed E-state index contributed by atoms with van der Waals surface area (Å²) < 4.78 is 0. The van der Waals surface area contributed by atoms with Crippen LogP contribution in [0.3, 0.4) is 0 Å². The quantitative estimate of drug-likeness (QED) is 0.702. The third-order valence-electron chi connectivity index (χ3n) is 3.41. The fourth-order valence-corrected chi connectivity index (χ4v) is 2.26. The summed E-state index contributed by atoms with van der Waals surface area (Å²) in [7, 11) is 0. The van der Waals surface area contributed by atoms with Crippen molar-refractivity contribution in [1.82, 2.24) is 4.90 Å². The Kier molecular flexibility index (Phi) is 5.24. The van der Waals surface area contributed by atoms with Crippen LogP contribution in [0, 0.1) is 5.53 Å². The van der Waals surface area contributed by atoms with Gasteiger partial charge in [-0.25, -0.2) is 5.53 Å². The summed E-state index contributed by atoms with van der Waals surface area (Å²) in [5, 5.41) is 14.7. The number of nitrogens with zero attached hydrogens (tertiary/aromatic N) is 2. The third kappa shape index (κ3) is 4.15. The predicted octanol–water partition coefficient (Wildman–Crippen LogP) is 2.68. The first kappa shape index (κ1) is 15.7. The number of hydrogen-bond acceptors (Lipinski definition) is 5. The molecule has 3 N–H and O–H groups in total. The van der Waals surface area contributed by atoms with Crippen LogP contribution in [0.25, 0.3) is 0 Å². The number of carboxylic acid groups (broad SMARTS) is 1. The minimum absolute atomic E-state index is 0.0346. The Morgan fingerprint density at radius 2 is 1.91 bits per heavy atom. The van der Waals surface area contributed by atoms with E-state index in [4.69, 9.17) is 10.6 Å². The van der Waals surface area contributed by atoms with Gasteiger partial charge in [-0.2, -0.15) is 5.11 Å². The number of nitrogens with one attached hydrogen (secondary N) is 2. The molecule has 0 saturated carbocycles. The van der Waals surface area contributed by atoms with Gasteiger partial charge in [0, 0.05) is 30.5 Å². The molecule has 0 spiro atoms. The second-order valence-electron chi connectivity index (χ2n) is 5.04. The summed E-state index contributed by atoms with van der Waals surface area (Å²) in [4.78, 5) is 24.6. The van der Waals surface area contributed by atoms with Crippen LogP contribution in [0.1, 0.15) is 29.6 Å². The van der Waals surface area contributed by atoms with Crippen LogP contribution in [-0.4, -0.2) is 35.0 Å². The second kappa shape index (κ2) is 7.35. The molecule has 7 nitrogen and oxygen atoms in total. The van der Waals surface area contributed by atoms with Crippen molar-refractivity contribution < 1.29 is 14.7 Å². The summed E-state index contributed by atoms with van der Waals surface area (Å²) in [6.07, 6.45) is 3.17. The number of hydrogen-bond donors (Lipinski definition) is 3. The molecule has 0 aliphatic carbocycles. The van der Waals surface area contributed by atoms with Crippen molar-refractivity contribution in [2.24, 2.45) is 5.11 Å². The van der Waals surface area contributed by atoms with Crippen molar-refractivity contribution in [3.8, 4) is 0 Å². The third-order valence-corrected chi connectivity index (χ3v) is 3.41. The highest BCUT2D eigenvalue weighted by Crippen LogP contribution is 2.16. The highest BCUT2D eigenvalue weighted by molar-refractivity contribution is 5.94. The van der Waals surface area contributed by atoms with Crippen LogP contribution < -0.4 is 5.32 Å². The van der Waals surface area contributed by atoms with E-state index in [1.165, 1.54) is 6.20 Å². The number of carboxylic acids is 1. The first-order chi connectivity index (χ1) is 10.6. The summed E-state index contributed by atoms with van der Waals surface area (Å²) in [5.74, 6) is -1.01. The van der Waals surface area contributed by atoms with E-state index < -0.39 is 5.97 Å². The summed E-state index contributed by atoms with van der Waals surface area (Å²) >= 11 is 0. The molecule has 1 fully saturated rings. The predicted molar refractivity (Wildman–Crippen MR) is 80.7 cm³/mol. The Hall–Kier alpha value is -2.70. The highest BCUT2D eigenvalue weighted by Gasteiger charge is 2.18. The first-order valence-electron chi connectivity index (χ1n) is 7.04. The molecule has 0 radical (unpaired) electrons. The van der Waals surface area contributed by atoms with Crippen molar-refractivity contribution in [3.05, 3.63) is 41.7 Å². The molecule has 22 heavy (non-hydrogen) atoms. The summed E-state index contributed by atoms with van der Waals surface area (Å²) in [6, 6.07) is 6.93. The number of likely N-dealkylation sites (tertiary alicyclic amines) is 1. The van der Waals surface area contributed by atoms with Crippen LogP contribution in [0.15, 0.2) is 41.3 Å². The van der Waals surface area contributed by atoms with Crippen LogP contribution in [0.2, 0.25) is 0 Å². The molecule has 1 amide bonds. The number of rotatable bonds is 6. The zero-order chi connectivity index (χ0) is 15.9. The number of carbonyl (C=O) groups excluding carboxylic acids is 1. The minimum atomic E-state index is -1.05. The van der Waals surface area contributed by atoms with E-state index in [9.17, 15) is 9.59 Å². The van der Waals surface area contributed by atoms with E-state index in [1.807, 2.05) is 4.90 Å². The van der Waals surface area contributed by atoms with Gasteiger partial charge in [0.25, 0.3) is 5.91 Å². The lowest BCUT2D eigenvalue weighted by molar-refractivity contribution is -0.136. The maximum atomic E-state index is 12.2. The van der Waals surface area contributed by atoms with Gasteiger partial charge < -0.3 is 15.3 Å². The van der Waals surface area contributed by atoms with Crippen molar-refractivity contribution in [2.45, 2.75) is 19.3 Å². The van der Waals surface area contributed by atoms with Crippen LogP contribution >= 0.6 is 0 Å². The molecule has 1 aromatic carbocycles. The van der Waals surface area contributed by atoms with Gasteiger partial charge in [0.15, 0.2) is 0 Å². The molecular weight excluding hydrogens is 284 g/mol. The molecule has 0 unspecified atom stereocenters. The van der Waals surface area contributed by atoms with E-state index in [2.05, 4.69) is 10.4 Å². The average Bonchev–Trinajstić information content (AvgIpc) is 3.05. The van der Waals surface area contributed by atoms with Gasteiger partial charge >= 0.3 is 5.97 Å². The number of anilines is 1. The molecule has 1 aromatic rings. The smallest absolute Gasteiger partial charge is 0.309 e. The standard InChI is InChI=1S/C15H18N4O3/c16-18-13(9-14(20)21)10-17-12-5-3-11(4-6-12)15(22)19-7-1-2-8-19/h3-6,10,16-17H,1-2,7-9H2,(H,20,21)/b13-10-,18-16?. The minimum Gasteiger partial charge on any atom is -0.481 e. The van der Waals surface area contributed by atoms with Crippen LogP contribution in [0.5, 0.6) is 0 Å². The molecule has 0 atom stereocenters. The van der Waals surface area contributed by atoms with Gasteiger partial charge in [-0.05, 0) is 37.1 Å².